The molecule has 0 amide bonds. The molecule has 1 aromatic carbocycles. The summed E-state index contributed by atoms with van der Waals surface area (Å²) in [6.07, 6.45) is -4.40. The Morgan fingerprint density at radius 2 is 1.81 bits per heavy atom. The highest BCUT2D eigenvalue weighted by atomic mass is 19.4. The van der Waals surface area contributed by atoms with Crippen molar-refractivity contribution in [1.82, 2.24) is 0 Å². The van der Waals surface area contributed by atoms with Crippen LogP contribution in [0.5, 0.6) is 0 Å². The maximum Gasteiger partial charge on any atom is 0.411 e. The van der Waals surface area contributed by atoms with Gasteiger partial charge in [0, 0.05) is 5.56 Å². The fourth-order valence-electron chi connectivity index (χ4n) is 1.08. The van der Waals surface area contributed by atoms with Crippen molar-refractivity contribution in [3.63, 3.8) is 0 Å². The molecule has 0 spiro atoms. The van der Waals surface area contributed by atoms with Gasteiger partial charge < -0.3 is 4.74 Å². The molecule has 1 aromatic rings. The molecule has 0 fully saturated rings. The Morgan fingerprint density at radius 3 is 2.31 bits per heavy atom. The smallest absolute Gasteiger partial charge is 0.364 e. The summed E-state index contributed by atoms with van der Waals surface area (Å²) in [5.41, 5.74) is 1.33. The number of carbonyl (C=O) groups excluding carboxylic acids is 1. The zero-order valence-electron chi connectivity index (χ0n) is 8.67. The third-order valence-corrected chi connectivity index (χ3v) is 1.87. The van der Waals surface area contributed by atoms with E-state index in [0.29, 0.717) is 5.56 Å². The van der Waals surface area contributed by atoms with Crippen molar-refractivity contribution >= 4 is 5.78 Å². The average Bonchev–Trinajstić information content (AvgIpc) is 2.16. The molecule has 0 aliphatic rings. The van der Waals surface area contributed by atoms with E-state index in [0.717, 1.165) is 5.56 Å². The molecule has 16 heavy (non-hydrogen) atoms. The predicted octanol–water partition coefficient (Wildman–Crippen LogP) is 2.76. The molecule has 1 rings (SSSR count). The van der Waals surface area contributed by atoms with Crippen LogP contribution in [0.2, 0.25) is 0 Å². The molecule has 5 heteroatoms. The number of carbonyl (C=O) groups is 1. The third-order valence-electron chi connectivity index (χ3n) is 1.87. The van der Waals surface area contributed by atoms with E-state index < -0.39 is 25.2 Å². The van der Waals surface area contributed by atoms with Gasteiger partial charge >= 0.3 is 6.18 Å². The van der Waals surface area contributed by atoms with Crippen LogP contribution in [0.4, 0.5) is 13.2 Å². The number of ether oxygens (including phenoxy) is 1. The Balaban J connectivity index is 2.44. The van der Waals surface area contributed by atoms with Crippen molar-refractivity contribution < 1.29 is 22.7 Å². The van der Waals surface area contributed by atoms with Crippen LogP contribution in [0.25, 0.3) is 0 Å². The monoisotopic (exact) mass is 232 g/mol. The molecule has 0 saturated carbocycles. The van der Waals surface area contributed by atoms with E-state index in [1.54, 1.807) is 24.3 Å². The molecule has 0 saturated heterocycles. The highest BCUT2D eigenvalue weighted by Gasteiger charge is 2.27. The fraction of sp³-hybridized carbons (Fsp3) is 0.364. The molecule has 2 nitrogen and oxygen atoms in total. The van der Waals surface area contributed by atoms with Gasteiger partial charge in [0.2, 0.25) is 0 Å². The lowest BCUT2D eigenvalue weighted by Crippen LogP contribution is -2.20. The minimum absolute atomic E-state index is 0.354. The van der Waals surface area contributed by atoms with Gasteiger partial charge in [-0.15, -0.1) is 0 Å². The van der Waals surface area contributed by atoms with Crippen LogP contribution in [0.15, 0.2) is 24.3 Å². The summed E-state index contributed by atoms with van der Waals surface area (Å²) in [6, 6.07) is 6.57. The zero-order chi connectivity index (χ0) is 12.2. The van der Waals surface area contributed by atoms with Gasteiger partial charge in [-0.25, -0.2) is 0 Å². The summed E-state index contributed by atoms with van der Waals surface area (Å²) in [5.74, 6) is -0.454. The molecule has 0 bridgehead atoms. The Hall–Kier alpha value is -1.36. The van der Waals surface area contributed by atoms with Gasteiger partial charge in [0.15, 0.2) is 5.78 Å². The topological polar surface area (TPSA) is 26.3 Å². The molecule has 88 valence electrons. The average molecular weight is 232 g/mol. The molecular formula is C11H11F3O2. The number of aryl methyl sites for hydroxylation is 1. The van der Waals surface area contributed by atoms with Gasteiger partial charge in [-0.3, -0.25) is 4.79 Å². The number of ketones is 1. The lowest BCUT2D eigenvalue weighted by atomic mass is 10.1. The van der Waals surface area contributed by atoms with Crippen molar-refractivity contribution in [3.8, 4) is 0 Å². The molecule has 0 aromatic heterocycles. The van der Waals surface area contributed by atoms with E-state index in [-0.39, 0.29) is 0 Å². The van der Waals surface area contributed by atoms with Crippen LogP contribution < -0.4 is 0 Å². The fourth-order valence-corrected chi connectivity index (χ4v) is 1.08. The highest BCUT2D eigenvalue weighted by Crippen LogP contribution is 2.14. The maximum atomic E-state index is 11.7. The van der Waals surface area contributed by atoms with Gasteiger partial charge in [-0.2, -0.15) is 13.2 Å². The molecule has 0 N–H and O–H groups in total. The van der Waals surface area contributed by atoms with Crippen LogP contribution in [0, 0.1) is 6.92 Å². The number of halogens is 3. The largest absolute Gasteiger partial charge is 0.411 e. The van der Waals surface area contributed by atoms with Gasteiger partial charge in [0.05, 0.1) is 0 Å². The van der Waals surface area contributed by atoms with Crippen LogP contribution >= 0.6 is 0 Å². The first-order chi connectivity index (χ1) is 7.38. The number of rotatable bonds is 4. The molecular weight excluding hydrogens is 221 g/mol. The van der Waals surface area contributed by atoms with Crippen LogP contribution in [-0.2, 0) is 4.74 Å². The summed E-state index contributed by atoms with van der Waals surface area (Å²) in [5, 5.41) is 0. The number of Topliss-reactive ketones (excluding diaryl/α,β-unsaturated/α-hetero) is 1. The van der Waals surface area contributed by atoms with Crippen LogP contribution in [0.1, 0.15) is 15.9 Å². The second-order valence-corrected chi connectivity index (χ2v) is 3.40. The Labute approximate surface area is 91.0 Å². The van der Waals surface area contributed by atoms with E-state index in [2.05, 4.69) is 4.74 Å². The number of alkyl halides is 3. The number of hydrogen-bond donors (Lipinski definition) is 0. The van der Waals surface area contributed by atoms with E-state index in [9.17, 15) is 18.0 Å². The second-order valence-electron chi connectivity index (χ2n) is 3.40. The number of hydrogen-bond acceptors (Lipinski definition) is 2. The SMILES string of the molecule is Cc1ccc(C(=O)COCC(F)(F)F)cc1. The molecule has 0 unspecified atom stereocenters. The molecule has 0 aliphatic carbocycles. The molecule has 0 heterocycles. The predicted molar refractivity (Wildman–Crippen MR) is 52.4 cm³/mol. The summed E-state index contributed by atoms with van der Waals surface area (Å²) in [4.78, 5) is 11.3. The van der Waals surface area contributed by atoms with Crippen molar-refractivity contribution in [2.24, 2.45) is 0 Å². The Bertz CT molecular complexity index is 354. The highest BCUT2D eigenvalue weighted by molar-refractivity contribution is 5.97. The Kier molecular flexibility index (Phi) is 4.06. The van der Waals surface area contributed by atoms with E-state index >= 15 is 0 Å². The Morgan fingerprint density at radius 1 is 1.25 bits per heavy atom. The van der Waals surface area contributed by atoms with E-state index in [4.69, 9.17) is 0 Å². The van der Waals surface area contributed by atoms with Crippen LogP contribution in [0.3, 0.4) is 0 Å². The first-order valence-corrected chi connectivity index (χ1v) is 4.63. The lowest BCUT2D eigenvalue weighted by Gasteiger charge is -2.06. The van der Waals surface area contributed by atoms with Crippen molar-refractivity contribution in [2.75, 3.05) is 13.2 Å². The third kappa shape index (κ3) is 4.44. The van der Waals surface area contributed by atoms with E-state index in [1.807, 2.05) is 6.92 Å². The van der Waals surface area contributed by atoms with E-state index in [1.165, 1.54) is 0 Å². The molecule has 0 aliphatic heterocycles. The van der Waals surface area contributed by atoms with Gasteiger partial charge in [-0.1, -0.05) is 29.8 Å². The summed E-state index contributed by atoms with van der Waals surface area (Å²) >= 11 is 0. The summed E-state index contributed by atoms with van der Waals surface area (Å²) in [7, 11) is 0. The van der Waals surface area contributed by atoms with Gasteiger partial charge in [0.25, 0.3) is 0 Å². The first-order valence-electron chi connectivity index (χ1n) is 4.63. The zero-order valence-corrected chi connectivity index (χ0v) is 8.67. The summed E-state index contributed by atoms with van der Waals surface area (Å²) in [6.45, 7) is -0.0957. The first kappa shape index (κ1) is 12.7. The quantitative estimate of drug-likeness (QED) is 0.746. The minimum atomic E-state index is -4.40. The van der Waals surface area contributed by atoms with Crippen molar-refractivity contribution in [2.45, 2.75) is 13.1 Å². The molecule has 0 atom stereocenters. The summed E-state index contributed by atoms with van der Waals surface area (Å²) < 4.78 is 39.4. The van der Waals surface area contributed by atoms with Crippen molar-refractivity contribution in [3.05, 3.63) is 35.4 Å². The standard InChI is InChI=1S/C11H11F3O2/c1-8-2-4-9(5-3-8)10(15)6-16-7-11(12,13)14/h2-5H,6-7H2,1H3. The lowest BCUT2D eigenvalue weighted by molar-refractivity contribution is -0.170. The number of benzene rings is 1. The van der Waals surface area contributed by atoms with Gasteiger partial charge in [0.1, 0.15) is 13.2 Å². The second kappa shape index (κ2) is 5.12. The van der Waals surface area contributed by atoms with Crippen LogP contribution in [-0.4, -0.2) is 25.2 Å². The maximum absolute atomic E-state index is 11.7. The normalized spacial score (nSPS) is 11.5. The van der Waals surface area contributed by atoms with Gasteiger partial charge in [-0.05, 0) is 6.92 Å². The molecule has 0 radical (unpaired) electrons. The minimum Gasteiger partial charge on any atom is -0.364 e. The van der Waals surface area contributed by atoms with Crippen molar-refractivity contribution in [1.29, 1.82) is 0 Å².